The Kier molecular flexibility index (Phi) is 4.37. The minimum atomic E-state index is -0.627. The molecule has 0 saturated carbocycles. The first-order valence-electron chi connectivity index (χ1n) is 8.50. The Morgan fingerprint density at radius 3 is 2.80 bits per heavy atom. The number of anilines is 1. The zero-order valence-corrected chi connectivity index (χ0v) is 13.8. The highest BCUT2D eigenvalue weighted by Gasteiger charge is 2.30. The number of hydrogen-bond donors (Lipinski definition) is 1. The lowest BCUT2D eigenvalue weighted by molar-refractivity contribution is -0.131. The number of rotatable bonds is 3. The molecular weight excluding hydrogens is 320 g/mol. The second-order valence-corrected chi connectivity index (χ2v) is 6.21. The summed E-state index contributed by atoms with van der Waals surface area (Å²) in [7, 11) is 0. The second kappa shape index (κ2) is 6.96. The van der Waals surface area contributed by atoms with Crippen molar-refractivity contribution < 1.29 is 14.3 Å². The van der Waals surface area contributed by atoms with Gasteiger partial charge in [0.2, 0.25) is 12.1 Å². The number of nitrogens with zero attached hydrogens (tertiary/aromatic N) is 3. The topological polar surface area (TPSA) is 76.6 Å². The average molecular weight is 340 g/mol. The second-order valence-electron chi connectivity index (χ2n) is 6.21. The number of para-hydroxylation sites is 2. The van der Waals surface area contributed by atoms with Crippen LogP contribution in [0.3, 0.4) is 0 Å². The first-order chi connectivity index (χ1) is 12.3. The summed E-state index contributed by atoms with van der Waals surface area (Å²) in [5, 5.41) is 3.08. The van der Waals surface area contributed by atoms with E-state index in [0.29, 0.717) is 24.0 Å². The van der Waals surface area contributed by atoms with E-state index in [9.17, 15) is 4.79 Å². The van der Waals surface area contributed by atoms with Crippen molar-refractivity contribution in [3.63, 3.8) is 0 Å². The zero-order chi connectivity index (χ0) is 17.1. The van der Waals surface area contributed by atoms with Gasteiger partial charge in [-0.25, -0.2) is 9.97 Å². The predicted molar refractivity (Wildman–Crippen MR) is 91.8 cm³/mol. The smallest absolute Gasteiger partial charge is 0.264 e. The van der Waals surface area contributed by atoms with E-state index in [1.165, 1.54) is 0 Å². The first kappa shape index (κ1) is 15.7. The Bertz CT molecular complexity index is 740. The van der Waals surface area contributed by atoms with Crippen molar-refractivity contribution in [2.45, 2.75) is 25.0 Å². The highest BCUT2D eigenvalue weighted by molar-refractivity contribution is 5.82. The molecule has 2 aliphatic rings. The number of ether oxygens (including phenoxy) is 2. The molecule has 0 unspecified atom stereocenters. The van der Waals surface area contributed by atoms with Gasteiger partial charge in [0.1, 0.15) is 6.61 Å². The summed E-state index contributed by atoms with van der Waals surface area (Å²) in [5.74, 6) is 1.84. The van der Waals surface area contributed by atoms with Gasteiger partial charge in [0.05, 0.1) is 0 Å². The Morgan fingerprint density at radius 1 is 1.16 bits per heavy atom. The van der Waals surface area contributed by atoms with Crippen molar-refractivity contribution in [3.05, 3.63) is 42.7 Å². The molecule has 2 atom stereocenters. The normalized spacial score (nSPS) is 22.3. The van der Waals surface area contributed by atoms with E-state index >= 15 is 0 Å². The molecule has 7 nitrogen and oxygen atoms in total. The first-order valence-corrected chi connectivity index (χ1v) is 8.50. The number of carbonyl (C=O) groups is 1. The molecule has 0 radical (unpaired) electrons. The maximum atomic E-state index is 12.6. The maximum absolute atomic E-state index is 12.6. The lowest BCUT2D eigenvalue weighted by atomic mass is 10.1. The SMILES string of the molecule is O=C(N[C@H]1CCCN(c2ncccn2)C1)[C@@H]1COc2ccccc2O1. The number of nitrogens with one attached hydrogen (secondary N) is 1. The molecule has 2 aliphatic heterocycles. The van der Waals surface area contributed by atoms with Gasteiger partial charge in [-0.05, 0) is 31.0 Å². The zero-order valence-electron chi connectivity index (χ0n) is 13.8. The fourth-order valence-corrected chi connectivity index (χ4v) is 3.17. The summed E-state index contributed by atoms with van der Waals surface area (Å²) >= 11 is 0. The van der Waals surface area contributed by atoms with Crippen molar-refractivity contribution >= 4 is 11.9 Å². The van der Waals surface area contributed by atoms with Crippen LogP contribution in [-0.2, 0) is 4.79 Å². The lowest BCUT2D eigenvalue weighted by Crippen LogP contribution is -2.53. The monoisotopic (exact) mass is 340 g/mol. The van der Waals surface area contributed by atoms with E-state index in [-0.39, 0.29) is 18.6 Å². The van der Waals surface area contributed by atoms with Crippen molar-refractivity contribution in [1.29, 1.82) is 0 Å². The molecule has 4 rings (SSSR count). The Morgan fingerprint density at radius 2 is 1.96 bits per heavy atom. The third kappa shape index (κ3) is 3.50. The minimum Gasteiger partial charge on any atom is -0.485 e. The summed E-state index contributed by atoms with van der Waals surface area (Å²) in [5.41, 5.74) is 0. The van der Waals surface area contributed by atoms with Crippen molar-refractivity contribution in [2.24, 2.45) is 0 Å². The summed E-state index contributed by atoms with van der Waals surface area (Å²) < 4.78 is 11.4. The van der Waals surface area contributed by atoms with Crippen LogP contribution < -0.4 is 19.7 Å². The summed E-state index contributed by atoms with van der Waals surface area (Å²) in [6, 6.07) is 9.23. The third-order valence-corrected chi connectivity index (χ3v) is 4.40. The highest BCUT2D eigenvalue weighted by atomic mass is 16.6. The van der Waals surface area contributed by atoms with Gasteiger partial charge in [-0.2, -0.15) is 0 Å². The summed E-state index contributed by atoms with van der Waals surface area (Å²) in [4.78, 5) is 23.2. The van der Waals surface area contributed by atoms with Gasteiger partial charge < -0.3 is 19.7 Å². The molecule has 1 aromatic carbocycles. The Hall–Kier alpha value is -2.83. The largest absolute Gasteiger partial charge is 0.485 e. The van der Waals surface area contributed by atoms with E-state index in [2.05, 4.69) is 20.2 Å². The van der Waals surface area contributed by atoms with Crippen molar-refractivity contribution in [1.82, 2.24) is 15.3 Å². The van der Waals surface area contributed by atoms with E-state index in [1.807, 2.05) is 24.3 Å². The molecule has 1 N–H and O–H groups in total. The summed E-state index contributed by atoms with van der Waals surface area (Å²) in [6.07, 6.45) is 4.75. The van der Waals surface area contributed by atoms with Crippen LogP contribution in [-0.4, -0.2) is 47.7 Å². The molecule has 1 fully saturated rings. The van der Waals surface area contributed by atoms with Crippen LogP contribution in [0.25, 0.3) is 0 Å². The molecule has 130 valence electrons. The number of piperidine rings is 1. The van der Waals surface area contributed by atoms with Crippen LogP contribution in [0.4, 0.5) is 5.95 Å². The Labute approximate surface area is 146 Å². The fourth-order valence-electron chi connectivity index (χ4n) is 3.17. The molecule has 0 aliphatic carbocycles. The quantitative estimate of drug-likeness (QED) is 0.910. The lowest BCUT2D eigenvalue weighted by Gasteiger charge is -2.34. The van der Waals surface area contributed by atoms with Crippen LogP contribution >= 0.6 is 0 Å². The van der Waals surface area contributed by atoms with Crippen LogP contribution in [0.15, 0.2) is 42.7 Å². The van der Waals surface area contributed by atoms with Crippen LogP contribution in [0.5, 0.6) is 11.5 Å². The molecular formula is C18H20N4O3. The van der Waals surface area contributed by atoms with E-state index in [1.54, 1.807) is 18.5 Å². The number of aromatic nitrogens is 2. The van der Waals surface area contributed by atoms with E-state index in [4.69, 9.17) is 9.47 Å². The van der Waals surface area contributed by atoms with Crippen LogP contribution in [0.2, 0.25) is 0 Å². The molecule has 25 heavy (non-hydrogen) atoms. The number of hydrogen-bond acceptors (Lipinski definition) is 6. The van der Waals surface area contributed by atoms with E-state index in [0.717, 1.165) is 19.4 Å². The van der Waals surface area contributed by atoms with Gasteiger partial charge in [-0.3, -0.25) is 4.79 Å². The van der Waals surface area contributed by atoms with Crippen LogP contribution in [0, 0.1) is 0 Å². The number of amides is 1. The molecule has 0 spiro atoms. The third-order valence-electron chi connectivity index (χ3n) is 4.40. The molecule has 3 heterocycles. The molecule has 1 aromatic heterocycles. The van der Waals surface area contributed by atoms with Gasteiger partial charge >= 0.3 is 0 Å². The molecule has 2 aromatic rings. The fraction of sp³-hybridized carbons (Fsp3) is 0.389. The molecule has 1 amide bonds. The van der Waals surface area contributed by atoms with Crippen LogP contribution in [0.1, 0.15) is 12.8 Å². The van der Waals surface area contributed by atoms with Gasteiger partial charge in [0.15, 0.2) is 11.5 Å². The standard InChI is InChI=1S/C18H20N4O3/c23-17(16-12-24-14-6-1-2-7-15(14)25-16)21-13-5-3-10-22(11-13)18-19-8-4-9-20-18/h1-2,4,6-9,13,16H,3,5,10-12H2,(H,21,23)/t13-,16-/m0/s1. The number of carbonyl (C=O) groups excluding carboxylic acids is 1. The van der Waals surface area contributed by atoms with Crippen molar-refractivity contribution in [2.75, 3.05) is 24.6 Å². The minimum absolute atomic E-state index is 0.0471. The number of fused-ring (bicyclic) bond motifs is 1. The molecule has 1 saturated heterocycles. The van der Waals surface area contributed by atoms with Crippen molar-refractivity contribution in [3.8, 4) is 11.5 Å². The van der Waals surface area contributed by atoms with E-state index < -0.39 is 6.10 Å². The molecule has 7 heteroatoms. The van der Waals surface area contributed by atoms with Gasteiger partial charge in [0, 0.05) is 31.5 Å². The highest BCUT2D eigenvalue weighted by Crippen LogP contribution is 2.31. The predicted octanol–water partition coefficient (Wildman–Crippen LogP) is 1.40. The summed E-state index contributed by atoms with van der Waals surface area (Å²) in [6.45, 7) is 1.81. The number of benzene rings is 1. The maximum Gasteiger partial charge on any atom is 0.264 e. The molecule has 0 bridgehead atoms. The average Bonchev–Trinajstić information content (AvgIpc) is 2.68. The van der Waals surface area contributed by atoms with Gasteiger partial charge in [-0.1, -0.05) is 12.1 Å². The van der Waals surface area contributed by atoms with Gasteiger partial charge in [-0.15, -0.1) is 0 Å². The van der Waals surface area contributed by atoms with Gasteiger partial charge in [0.25, 0.3) is 5.91 Å². The Balaban J connectivity index is 1.36.